The zero-order chi connectivity index (χ0) is 19.2. The molecule has 8 heteroatoms. The summed E-state index contributed by atoms with van der Waals surface area (Å²) in [6, 6.07) is 0.0929. The van der Waals surface area contributed by atoms with Crippen LogP contribution in [0.25, 0.3) is 0 Å². The van der Waals surface area contributed by atoms with Gasteiger partial charge in [-0.1, -0.05) is 13.8 Å². The highest BCUT2D eigenvalue weighted by Gasteiger charge is 2.25. The molecule has 27 heavy (non-hydrogen) atoms. The lowest BCUT2D eigenvalue weighted by molar-refractivity contribution is 0.182. The molecule has 0 bridgehead atoms. The van der Waals surface area contributed by atoms with E-state index in [1.807, 2.05) is 24.3 Å². The van der Waals surface area contributed by atoms with Crippen LogP contribution in [0.15, 0.2) is 31.0 Å². The van der Waals surface area contributed by atoms with Crippen molar-refractivity contribution in [1.82, 2.24) is 30.0 Å². The number of aryl methyl sites for hydroxylation is 1. The minimum atomic E-state index is -0.0152. The molecule has 2 aromatic heterocycles. The number of anilines is 1. The third-order valence-electron chi connectivity index (χ3n) is 4.63. The van der Waals surface area contributed by atoms with E-state index in [2.05, 4.69) is 39.1 Å². The molecule has 0 saturated carbocycles. The summed E-state index contributed by atoms with van der Waals surface area (Å²) in [5, 5.41) is 7.43. The Morgan fingerprint density at radius 2 is 2.22 bits per heavy atom. The van der Waals surface area contributed by atoms with Crippen LogP contribution in [0.1, 0.15) is 32.3 Å². The smallest absolute Gasteiger partial charge is 0.317 e. The van der Waals surface area contributed by atoms with E-state index in [4.69, 9.17) is 0 Å². The molecule has 1 aliphatic heterocycles. The van der Waals surface area contributed by atoms with Crippen LogP contribution in [0.5, 0.6) is 0 Å². The Hall–Kier alpha value is -2.64. The Morgan fingerprint density at radius 3 is 2.89 bits per heavy atom. The molecule has 1 atom stereocenters. The lowest BCUT2D eigenvalue weighted by atomic mass is 10.1. The molecule has 2 aromatic rings. The van der Waals surface area contributed by atoms with Crippen molar-refractivity contribution in [3.05, 3.63) is 36.5 Å². The van der Waals surface area contributed by atoms with Gasteiger partial charge in [0.15, 0.2) is 0 Å². The largest absolute Gasteiger partial charge is 0.353 e. The fraction of sp³-hybridized carbons (Fsp3) is 0.579. The number of rotatable bonds is 6. The predicted molar refractivity (Wildman–Crippen MR) is 104 cm³/mol. The second kappa shape index (κ2) is 8.83. The van der Waals surface area contributed by atoms with Crippen LogP contribution in [-0.2, 0) is 13.6 Å². The Kier molecular flexibility index (Phi) is 6.26. The van der Waals surface area contributed by atoms with Gasteiger partial charge in [0.05, 0.1) is 18.9 Å². The molecule has 1 fully saturated rings. The molecular formula is C19H29N7O. The van der Waals surface area contributed by atoms with E-state index in [0.29, 0.717) is 19.0 Å². The standard InChI is InChI=1S/C19H29N7O/c1-15(2)11-26(13-16-9-22-24(3)12-16)19(27)23-17-5-4-8-25(14-17)18-10-20-6-7-21-18/h6-7,9-10,12,15,17H,4-5,8,11,13-14H2,1-3H3,(H,23,27)/t17-/m1/s1. The first-order valence-electron chi connectivity index (χ1n) is 9.55. The van der Waals surface area contributed by atoms with Crippen molar-refractivity contribution in [1.29, 1.82) is 0 Å². The number of carbonyl (C=O) groups is 1. The molecule has 3 heterocycles. The maximum Gasteiger partial charge on any atom is 0.317 e. The highest BCUT2D eigenvalue weighted by Crippen LogP contribution is 2.17. The summed E-state index contributed by atoms with van der Waals surface area (Å²) >= 11 is 0. The molecular weight excluding hydrogens is 342 g/mol. The molecule has 1 N–H and O–H groups in total. The number of nitrogens with one attached hydrogen (secondary N) is 1. The van der Waals surface area contributed by atoms with Crippen LogP contribution >= 0.6 is 0 Å². The number of nitrogens with zero attached hydrogens (tertiary/aromatic N) is 6. The molecule has 3 rings (SSSR count). The van der Waals surface area contributed by atoms with Gasteiger partial charge in [-0.2, -0.15) is 5.10 Å². The lowest BCUT2D eigenvalue weighted by Crippen LogP contribution is -2.52. The highest BCUT2D eigenvalue weighted by atomic mass is 16.2. The third kappa shape index (κ3) is 5.42. The lowest BCUT2D eigenvalue weighted by Gasteiger charge is -2.35. The van der Waals surface area contributed by atoms with Crippen molar-refractivity contribution >= 4 is 11.8 Å². The molecule has 2 amide bonds. The van der Waals surface area contributed by atoms with E-state index in [0.717, 1.165) is 37.3 Å². The van der Waals surface area contributed by atoms with Gasteiger partial charge in [-0.15, -0.1) is 0 Å². The quantitative estimate of drug-likeness (QED) is 0.841. The summed E-state index contributed by atoms with van der Waals surface area (Å²) in [4.78, 5) is 25.5. The predicted octanol–water partition coefficient (Wildman–Crippen LogP) is 2.05. The average molecular weight is 371 g/mol. The summed E-state index contributed by atoms with van der Waals surface area (Å²) in [5.74, 6) is 1.26. The number of hydrogen-bond donors (Lipinski definition) is 1. The average Bonchev–Trinajstić information content (AvgIpc) is 3.06. The normalized spacial score (nSPS) is 17.2. The number of hydrogen-bond acceptors (Lipinski definition) is 5. The van der Waals surface area contributed by atoms with Gasteiger partial charge in [0.25, 0.3) is 0 Å². The van der Waals surface area contributed by atoms with Crippen molar-refractivity contribution in [3.8, 4) is 0 Å². The van der Waals surface area contributed by atoms with Crippen LogP contribution in [0.4, 0.5) is 10.6 Å². The second-order valence-corrected chi connectivity index (χ2v) is 7.59. The molecule has 146 valence electrons. The Morgan fingerprint density at radius 1 is 1.37 bits per heavy atom. The van der Waals surface area contributed by atoms with Gasteiger partial charge in [0.2, 0.25) is 0 Å². The number of urea groups is 1. The van der Waals surface area contributed by atoms with Crippen molar-refractivity contribution in [3.63, 3.8) is 0 Å². The molecule has 0 aromatic carbocycles. The summed E-state index contributed by atoms with van der Waals surface area (Å²) in [7, 11) is 1.89. The molecule has 1 aliphatic rings. The summed E-state index contributed by atoms with van der Waals surface area (Å²) in [5.41, 5.74) is 1.04. The summed E-state index contributed by atoms with van der Waals surface area (Å²) in [6.45, 7) is 7.23. The van der Waals surface area contributed by atoms with Crippen LogP contribution < -0.4 is 10.2 Å². The van der Waals surface area contributed by atoms with Crippen molar-refractivity contribution < 1.29 is 4.79 Å². The topological polar surface area (TPSA) is 79.2 Å². The monoisotopic (exact) mass is 371 g/mol. The van der Waals surface area contributed by atoms with E-state index in [9.17, 15) is 4.79 Å². The first-order chi connectivity index (χ1) is 13.0. The van der Waals surface area contributed by atoms with Gasteiger partial charge in [0.1, 0.15) is 5.82 Å². The first kappa shape index (κ1) is 19.1. The van der Waals surface area contributed by atoms with Gasteiger partial charge in [-0.05, 0) is 18.8 Å². The van der Waals surface area contributed by atoms with Crippen molar-refractivity contribution in [2.75, 3.05) is 24.5 Å². The fourth-order valence-electron chi connectivity index (χ4n) is 3.46. The van der Waals surface area contributed by atoms with Crippen LogP contribution in [0.2, 0.25) is 0 Å². The molecule has 0 spiro atoms. The Labute approximate surface area is 160 Å². The van der Waals surface area contributed by atoms with Gasteiger partial charge < -0.3 is 15.1 Å². The van der Waals surface area contributed by atoms with Crippen LogP contribution in [-0.4, -0.2) is 56.4 Å². The maximum atomic E-state index is 12.9. The summed E-state index contributed by atoms with van der Waals surface area (Å²) in [6.07, 6.45) is 10.9. The second-order valence-electron chi connectivity index (χ2n) is 7.59. The first-order valence-corrected chi connectivity index (χ1v) is 9.55. The summed E-state index contributed by atoms with van der Waals surface area (Å²) < 4.78 is 1.76. The van der Waals surface area contributed by atoms with Crippen molar-refractivity contribution in [2.24, 2.45) is 13.0 Å². The molecule has 8 nitrogen and oxygen atoms in total. The highest BCUT2D eigenvalue weighted by molar-refractivity contribution is 5.74. The van der Waals surface area contributed by atoms with E-state index >= 15 is 0 Å². The molecule has 0 radical (unpaired) electrons. The molecule has 0 aliphatic carbocycles. The van der Waals surface area contributed by atoms with Gasteiger partial charge in [0, 0.05) is 56.9 Å². The van der Waals surface area contributed by atoms with Gasteiger partial charge >= 0.3 is 6.03 Å². The fourth-order valence-corrected chi connectivity index (χ4v) is 3.46. The van der Waals surface area contributed by atoms with Crippen molar-refractivity contribution in [2.45, 2.75) is 39.3 Å². The van der Waals surface area contributed by atoms with E-state index in [1.165, 1.54) is 0 Å². The number of piperidine rings is 1. The van der Waals surface area contributed by atoms with Crippen LogP contribution in [0.3, 0.4) is 0 Å². The zero-order valence-corrected chi connectivity index (χ0v) is 16.4. The third-order valence-corrected chi connectivity index (χ3v) is 4.63. The minimum Gasteiger partial charge on any atom is -0.353 e. The van der Waals surface area contributed by atoms with E-state index in [-0.39, 0.29) is 12.1 Å². The number of aromatic nitrogens is 4. The van der Waals surface area contributed by atoms with E-state index in [1.54, 1.807) is 23.3 Å². The van der Waals surface area contributed by atoms with Gasteiger partial charge in [-0.25, -0.2) is 9.78 Å². The number of carbonyl (C=O) groups excluding carboxylic acids is 1. The Balaban J connectivity index is 1.61. The molecule has 0 unspecified atom stereocenters. The maximum absolute atomic E-state index is 12.9. The van der Waals surface area contributed by atoms with E-state index < -0.39 is 0 Å². The molecule has 1 saturated heterocycles. The number of amides is 2. The Bertz CT molecular complexity index is 731. The minimum absolute atomic E-state index is 0.0152. The van der Waals surface area contributed by atoms with Crippen LogP contribution in [0, 0.1) is 5.92 Å². The SMILES string of the molecule is CC(C)CN(Cc1cnn(C)c1)C(=O)N[C@@H]1CCCN(c2cnccn2)C1. The zero-order valence-electron chi connectivity index (χ0n) is 16.4. The van der Waals surface area contributed by atoms with Gasteiger partial charge in [-0.3, -0.25) is 9.67 Å².